The van der Waals surface area contributed by atoms with Crippen LogP contribution in [0, 0.1) is 12.7 Å². The Morgan fingerprint density at radius 3 is 2.33 bits per heavy atom. The number of benzene rings is 2. The highest BCUT2D eigenvalue weighted by Gasteiger charge is 2.35. The molecule has 0 aromatic heterocycles. The molecule has 0 amide bonds. The number of hydrogen-bond acceptors (Lipinski definition) is 2. The summed E-state index contributed by atoms with van der Waals surface area (Å²) in [5, 5.41) is 3.16. The molecule has 24 heavy (non-hydrogen) atoms. The van der Waals surface area contributed by atoms with Gasteiger partial charge in [0, 0.05) is 34.4 Å². The highest BCUT2D eigenvalue weighted by atomic mass is 79.9. The lowest BCUT2D eigenvalue weighted by Gasteiger charge is -2.36. The van der Waals surface area contributed by atoms with Crippen LogP contribution in [-0.2, 0) is 0 Å². The largest absolute Gasteiger partial charge is 0.482 e. The Balaban J connectivity index is 0.00000208. The highest BCUT2D eigenvalue weighted by molar-refractivity contribution is 9.12. The molecule has 2 nitrogen and oxygen atoms in total. The van der Waals surface area contributed by atoms with Crippen molar-refractivity contribution in [3.05, 3.63) is 63.4 Å². The van der Waals surface area contributed by atoms with Crippen molar-refractivity contribution < 1.29 is 9.13 Å². The maximum absolute atomic E-state index is 13.3. The molecule has 1 aliphatic heterocycles. The third-order valence-electron chi connectivity index (χ3n) is 4.08. The summed E-state index contributed by atoms with van der Waals surface area (Å²) in [6, 6.07) is 10.7. The molecule has 2 aromatic carbocycles. The number of anilines is 1. The van der Waals surface area contributed by atoms with Crippen molar-refractivity contribution >= 4 is 27.2 Å². The molecule has 2 aromatic rings. The van der Waals surface area contributed by atoms with Crippen molar-refractivity contribution in [1.82, 2.24) is 0 Å². The second-order valence-corrected chi connectivity index (χ2v) is 7.02. The molecule has 3 rings (SSSR count). The predicted octanol–water partition coefficient (Wildman–Crippen LogP) is 6.14. The predicted molar refractivity (Wildman–Crippen MR) is 104 cm³/mol. The Labute approximate surface area is 151 Å². The van der Waals surface area contributed by atoms with Gasteiger partial charge >= 0.3 is 0 Å². The summed E-state index contributed by atoms with van der Waals surface area (Å²) in [6.45, 7) is 6.10. The lowest BCUT2D eigenvalue weighted by molar-refractivity contribution is 0.155. The smallest absolute Gasteiger partial charge is 0.135 e. The van der Waals surface area contributed by atoms with Crippen molar-refractivity contribution in [2.75, 3.05) is 12.4 Å². The summed E-state index contributed by atoms with van der Waals surface area (Å²) >= 11 is 3.72. The van der Waals surface area contributed by atoms with E-state index in [-0.39, 0.29) is 13.2 Å². The number of ether oxygens (including phenoxy) is 1. The normalized spacial score (nSPS) is 15.2. The van der Waals surface area contributed by atoms with Gasteiger partial charge in [-0.05, 0) is 50.1 Å². The molecule has 1 N–H and O–H groups in total. The molecule has 1 heterocycles. The van der Waals surface area contributed by atoms with E-state index in [2.05, 4.69) is 34.2 Å². The topological polar surface area (TPSA) is 21.3 Å². The second-order valence-electron chi connectivity index (χ2n) is 6.22. The maximum Gasteiger partial charge on any atom is 0.135 e. The van der Waals surface area contributed by atoms with E-state index in [1.165, 1.54) is 12.1 Å². The van der Waals surface area contributed by atoms with E-state index in [4.69, 9.17) is 4.74 Å². The molecule has 0 radical (unpaired) electrons. The van der Waals surface area contributed by atoms with E-state index in [0.29, 0.717) is 0 Å². The fourth-order valence-electron chi connectivity index (χ4n) is 2.92. The Morgan fingerprint density at radius 2 is 1.75 bits per heavy atom. The van der Waals surface area contributed by atoms with Gasteiger partial charge in [-0.2, -0.15) is 0 Å². The molecule has 0 saturated carbocycles. The lowest BCUT2D eigenvalue weighted by Crippen LogP contribution is -2.33. The minimum Gasteiger partial charge on any atom is -0.482 e. The van der Waals surface area contributed by atoms with E-state index in [1.54, 1.807) is 0 Å². The molecule has 0 bridgehead atoms. The Hall–Kier alpha value is -1.81. The van der Waals surface area contributed by atoms with Gasteiger partial charge in [0.2, 0.25) is 0 Å². The molecule has 0 spiro atoms. The molecule has 0 aliphatic carbocycles. The third kappa shape index (κ3) is 3.07. The van der Waals surface area contributed by atoms with Crippen molar-refractivity contribution in [2.24, 2.45) is 0 Å². The fourth-order valence-corrected chi connectivity index (χ4v) is 3.43. The number of rotatable bonds is 2. The first-order valence-electron chi connectivity index (χ1n) is 7.51. The number of hydrogen-bond donors (Lipinski definition) is 1. The van der Waals surface area contributed by atoms with Gasteiger partial charge in [-0.1, -0.05) is 35.5 Å². The van der Waals surface area contributed by atoms with Gasteiger partial charge in [0.05, 0.1) is 0 Å². The average Bonchev–Trinajstić information content (AvgIpc) is 2.49. The zero-order chi connectivity index (χ0) is 16.8. The Morgan fingerprint density at radius 1 is 1.12 bits per heavy atom. The van der Waals surface area contributed by atoms with Crippen LogP contribution in [0.5, 0.6) is 5.75 Å². The summed E-state index contributed by atoms with van der Waals surface area (Å²) in [5.41, 5.74) is 4.69. The zero-order valence-electron chi connectivity index (χ0n) is 13.6. The van der Waals surface area contributed by atoms with Gasteiger partial charge in [-0.25, -0.2) is 4.39 Å². The first-order valence-corrected chi connectivity index (χ1v) is 8.31. The SMILES string of the molecule is C.CNc1cc(C)c2c(c1)OC(C)(C)C(Br)=C2c1ccc(F)cc1. The molecule has 1 aliphatic rings. The third-order valence-corrected chi connectivity index (χ3v) is 5.44. The Kier molecular flexibility index (Phi) is 5.09. The van der Waals surface area contributed by atoms with Gasteiger partial charge < -0.3 is 10.1 Å². The quantitative estimate of drug-likeness (QED) is 0.663. The maximum atomic E-state index is 13.3. The molecular weight excluding hydrogens is 369 g/mol. The summed E-state index contributed by atoms with van der Waals surface area (Å²) in [5.74, 6) is 0.598. The van der Waals surface area contributed by atoms with Crippen molar-refractivity contribution in [3.63, 3.8) is 0 Å². The minimum atomic E-state index is -0.491. The van der Waals surface area contributed by atoms with E-state index in [0.717, 1.165) is 38.2 Å². The van der Waals surface area contributed by atoms with Crippen LogP contribution in [0.2, 0.25) is 0 Å². The van der Waals surface area contributed by atoms with Crippen LogP contribution in [0.25, 0.3) is 5.57 Å². The van der Waals surface area contributed by atoms with Gasteiger partial charge in [-0.15, -0.1) is 0 Å². The molecule has 4 heteroatoms. The zero-order valence-corrected chi connectivity index (χ0v) is 15.2. The standard InChI is InChI=1S/C19H19BrFNO.CH4/c1-11-9-14(22-4)10-15-16(11)17(18(20)19(2,3)23-15)12-5-7-13(21)8-6-12;/h5-10,22H,1-4H3;1H4. The summed E-state index contributed by atoms with van der Waals surface area (Å²) < 4.78 is 20.5. The number of aryl methyl sites for hydroxylation is 1. The van der Waals surface area contributed by atoms with Crippen LogP contribution in [0.4, 0.5) is 10.1 Å². The van der Waals surface area contributed by atoms with Crippen LogP contribution >= 0.6 is 15.9 Å². The first-order chi connectivity index (χ1) is 10.8. The molecule has 0 saturated heterocycles. The van der Waals surface area contributed by atoms with Crippen molar-refractivity contribution in [3.8, 4) is 5.75 Å². The first kappa shape index (κ1) is 18.5. The molecule has 128 valence electrons. The summed E-state index contributed by atoms with van der Waals surface area (Å²) in [7, 11) is 1.89. The average molecular weight is 392 g/mol. The summed E-state index contributed by atoms with van der Waals surface area (Å²) in [6.07, 6.45) is 0. The summed E-state index contributed by atoms with van der Waals surface area (Å²) in [4.78, 5) is 0. The Bertz CT molecular complexity index is 794. The highest BCUT2D eigenvalue weighted by Crippen LogP contribution is 2.48. The number of fused-ring (bicyclic) bond motifs is 1. The van der Waals surface area contributed by atoms with E-state index >= 15 is 0 Å². The van der Waals surface area contributed by atoms with Crippen LogP contribution in [0.3, 0.4) is 0 Å². The van der Waals surface area contributed by atoms with E-state index in [1.807, 2.05) is 39.1 Å². The van der Waals surface area contributed by atoms with E-state index < -0.39 is 5.60 Å². The number of nitrogens with one attached hydrogen (secondary N) is 1. The van der Waals surface area contributed by atoms with Crippen LogP contribution in [0.1, 0.15) is 38.0 Å². The lowest BCUT2D eigenvalue weighted by atomic mass is 9.87. The van der Waals surface area contributed by atoms with Gasteiger partial charge in [0.25, 0.3) is 0 Å². The number of halogens is 2. The van der Waals surface area contributed by atoms with Crippen LogP contribution in [0.15, 0.2) is 40.9 Å². The van der Waals surface area contributed by atoms with Crippen molar-refractivity contribution in [2.45, 2.75) is 33.8 Å². The van der Waals surface area contributed by atoms with Crippen LogP contribution in [-0.4, -0.2) is 12.6 Å². The van der Waals surface area contributed by atoms with Gasteiger partial charge in [0.15, 0.2) is 0 Å². The van der Waals surface area contributed by atoms with Gasteiger partial charge in [0.1, 0.15) is 17.2 Å². The molecule has 0 fully saturated rings. The second kappa shape index (κ2) is 6.60. The fraction of sp³-hybridized carbons (Fsp3) is 0.300. The molecule has 0 unspecified atom stereocenters. The van der Waals surface area contributed by atoms with E-state index in [9.17, 15) is 4.39 Å². The van der Waals surface area contributed by atoms with Crippen LogP contribution < -0.4 is 10.1 Å². The van der Waals surface area contributed by atoms with Gasteiger partial charge in [-0.3, -0.25) is 0 Å². The minimum absolute atomic E-state index is 0. The molecular formula is C20H23BrFNO. The van der Waals surface area contributed by atoms with Crippen molar-refractivity contribution in [1.29, 1.82) is 0 Å². The monoisotopic (exact) mass is 391 g/mol. The molecule has 0 atom stereocenters.